The molecular formula is C18H22ClN5O3. The lowest BCUT2D eigenvalue weighted by Crippen LogP contribution is -2.44. The number of aromatic nitrogens is 2. The molecule has 3 N–H and O–H groups in total. The zero-order valence-corrected chi connectivity index (χ0v) is 15.8. The summed E-state index contributed by atoms with van der Waals surface area (Å²) in [6.45, 7) is 6.76. The molecule has 1 saturated heterocycles. The number of halogens is 1. The van der Waals surface area contributed by atoms with Crippen molar-refractivity contribution in [2.75, 3.05) is 39.3 Å². The van der Waals surface area contributed by atoms with E-state index in [1.165, 1.54) is 0 Å². The van der Waals surface area contributed by atoms with Crippen molar-refractivity contribution < 1.29 is 5.11 Å². The Kier molecular flexibility index (Phi) is 6.10. The van der Waals surface area contributed by atoms with Crippen molar-refractivity contribution in [3.8, 4) is 11.6 Å². The highest BCUT2D eigenvalue weighted by Crippen LogP contribution is 2.19. The van der Waals surface area contributed by atoms with Gasteiger partial charge in [0.05, 0.1) is 12.2 Å². The summed E-state index contributed by atoms with van der Waals surface area (Å²) in [7, 11) is 0. The zero-order valence-electron chi connectivity index (χ0n) is 15.0. The smallest absolute Gasteiger partial charge is 0.335 e. The van der Waals surface area contributed by atoms with Gasteiger partial charge in [0.15, 0.2) is 0 Å². The summed E-state index contributed by atoms with van der Waals surface area (Å²) < 4.78 is 1.03. The molecule has 8 nitrogen and oxygen atoms in total. The SMILES string of the molecule is CC(=NCCN1CCNCC1)c1c(O)n(-c2ccc(Cl)cc2)c(=O)[nH]c1=O. The van der Waals surface area contributed by atoms with Crippen LogP contribution in [-0.4, -0.2) is 64.5 Å². The monoisotopic (exact) mass is 391 g/mol. The molecule has 0 radical (unpaired) electrons. The quantitative estimate of drug-likeness (QED) is 0.648. The van der Waals surface area contributed by atoms with Crippen molar-refractivity contribution in [3.63, 3.8) is 0 Å². The molecule has 144 valence electrons. The van der Waals surface area contributed by atoms with Gasteiger partial charge in [-0.25, -0.2) is 9.36 Å². The van der Waals surface area contributed by atoms with Gasteiger partial charge in [-0.05, 0) is 31.2 Å². The third kappa shape index (κ3) is 4.47. The predicted molar refractivity (Wildman–Crippen MR) is 106 cm³/mol. The summed E-state index contributed by atoms with van der Waals surface area (Å²) in [6, 6.07) is 6.37. The van der Waals surface area contributed by atoms with Crippen LogP contribution >= 0.6 is 11.6 Å². The Bertz CT molecular complexity index is 943. The van der Waals surface area contributed by atoms with E-state index in [0.29, 0.717) is 23.0 Å². The van der Waals surface area contributed by atoms with Gasteiger partial charge in [-0.1, -0.05) is 11.6 Å². The predicted octanol–water partition coefficient (Wildman–Crippen LogP) is 0.599. The van der Waals surface area contributed by atoms with Gasteiger partial charge < -0.3 is 10.4 Å². The largest absolute Gasteiger partial charge is 0.493 e. The maximum Gasteiger partial charge on any atom is 0.335 e. The Labute approximate surface area is 161 Å². The number of aromatic hydroxyl groups is 1. The first-order chi connectivity index (χ1) is 13.0. The summed E-state index contributed by atoms with van der Waals surface area (Å²) in [4.78, 5) is 33.4. The fraction of sp³-hybridized carbons (Fsp3) is 0.389. The Morgan fingerprint density at radius 2 is 1.89 bits per heavy atom. The molecule has 0 bridgehead atoms. The molecule has 27 heavy (non-hydrogen) atoms. The highest BCUT2D eigenvalue weighted by molar-refractivity contribution is 6.30. The molecule has 0 unspecified atom stereocenters. The molecule has 1 aliphatic rings. The summed E-state index contributed by atoms with van der Waals surface area (Å²) in [5.74, 6) is -0.436. The summed E-state index contributed by atoms with van der Waals surface area (Å²) in [6.07, 6.45) is 0. The van der Waals surface area contributed by atoms with Gasteiger partial charge in [0.2, 0.25) is 5.88 Å². The van der Waals surface area contributed by atoms with E-state index in [0.717, 1.165) is 37.3 Å². The van der Waals surface area contributed by atoms with Crippen LogP contribution < -0.4 is 16.6 Å². The van der Waals surface area contributed by atoms with Gasteiger partial charge in [0.1, 0.15) is 5.56 Å². The van der Waals surface area contributed by atoms with E-state index in [-0.39, 0.29) is 5.56 Å². The minimum absolute atomic E-state index is 0.00939. The van der Waals surface area contributed by atoms with Crippen LogP contribution in [0, 0.1) is 0 Å². The molecule has 1 aromatic heterocycles. The van der Waals surface area contributed by atoms with E-state index < -0.39 is 17.1 Å². The topological polar surface area (TPSA) is 103 Å². The number of rotatable bonds is 5. The molecule has 0 spiro atoms. The Hall–Kier alpha value is -2.42. The van der Waals surface area contributed by atoms with E-state index in [9.17, 15) is 14.7 Å². The number of nitrogens with one attached hydrogen (secondary N) is 2. The average molecular weight is 392 g/mol. The standard InChI is InChI=1S/C18H22ClN5O3/c1-12(21-8-11-23-9-6-20-7-10-23)15-16(25)22-18(27)24(17(15)26)14-4-2-13(19)3-5-14/h2-5,20,26H,6-11H2,1H3,(H,22,25,27). The van der Waals surface area contributed by atoms with Crippen LogP contribution in [0.3, 0.4) is 0 Å². The van der Waals surface area contributed by atoms with Gasteiger partial charge in [-0.2, -0.15) is 0 Å². The van der Waals surface area contributed by atoms with Crippen LogP contribution in [0.4, 0.5) is 0 Å². The number of piperazine rings is 1. The lowest BCUT2D eigenvalue weighted by Gasteiger charge is -2.26. The van der Waals surface area contributed by atoms with Crippen molar-refractivity contribution in [1.29, 1.82) is 0 Å². The molecule has 0 atom stereocenters. The number of benzene rings is 1. The van der Waals surface area contributed by atoms with E-state index in [4.69, 9.17) is 11.6 Å². The van der Waals surface area contributed by atoms with Gasteiger partial charge in [-0.15, -0.1) is 0 Å². The maximum absolute atomic E-state index is 12.3. The van der Waals surface area contributed by atoms with Crippen LogP contribution in [0.1, 0.15) is 12.5 Å². The molecule has 0 saturated carbocycles. The van der Waals surface area contributed by atoms with E-state index in [2.05, 4.69) is 20.2 Å². The number of hydrogen-bond acceptors (Lipinski definition) is 6. The second-order valence-corrected chi connectivity index (χ2v) is 6.76. The van der Waals surface area contributed by atoms with E-state index in [1.807, 2.05) is 0 Å². The van der Waals surface area contributed by atoms with Crippen molar-refractivity contribution in [1.82, 2.24) is 19.8 Å². The van der Waals surface area contributed by atoms with Crippen LogP contribution in [0.2, 0.25) is 5.02 Å². The molecule has 3 rings (SSSR count). The minimum atomic E-state index is -0.725. The molecular weight excluding hydrogens is 370 g/mol. The molecule has 2 heterocycles. The number of aliphatic imine (C=N–C) groups is 1. The maximum atomic E-state index is 12.3. The van der Waals surface area contributed by atoms with Gasteiger partial charge in [0, 0.05) is 43.5 Å². The molecule has 1 aliphatic heterocycles. The lowest BCUT2D eigenvalue weighted by atomic mass is 10.2. The summed E-state index contributed by atoms with van der Waals surface area (Å²) in [5.41, 5.74) is -0.618. The fourth-order valence-electron chi connectivity index (χ4n) is 3.05. The van der Waals surface area contributed by atoms with Crippen molar-refractivity contribution in [3.05, 3.63) is 55.7 Å². The molecule has 2 aromatic rings. The summed E-state index contributed by atoms with van der Waals surface area (Å²) >= 11 is 5.87. The Morgan fingerprint density at radius 1 is 1.22 bits per heavy atom. The molecule has 1 aromatic carbocycles. The number of aromatic amines is 1. The Balaban J connectivity index is 1.89. The van der Waals surface area contributed by atoms with Crippen LogP contribution in [-0.2, 0) is 0 Å². The number of H-pyrrole nitrogens is 1. The van der Waals surface area contributed by atoms with Gasteiger partial charge in [0.25, 0.3) is 5.56 Å². The third-order valence-electron chi connectivity index (χ3n) is 4.51. The van der Waals surface area contributed by atoms with Crippen LogP contribution in [0.25, 0.3) is 5.69 Å². The molecule has 0 aliphatic carbocycles. The van der Waals surface area contributed by atoms with Crippen LogP contribution in [0.15, 0.2) is 38.8 Å². The molecule has 0 amide bonds. The number of nitrogens with zero attached hydrogens (tertiary/aromatic N) is 3. The third-order valence-corrected chi connectivity index (χ3v) is 4.76. The van der Waals surface area contributed by atoms with Gasteiger partial charge >= 0.3 is 5.69 Å². The second-order valence-electron chi connectivity index (χ2n) is 6.33. The second kappa shape index (κ2) is 8.51. The first kappa shape index (κ1) is 19.3. The lowest BCUT2D eigenvalue weighted by molar-refractivity contribution is 0.247. The summed E-state index contributed by atoms with van der Waals surface area (Å²) in [5, 5.41) is 14.4. The highest BCUT2D eigenvalue weighted by Gasteiger charge is 2.18. The number of hydrogen-bond donors (Lipinski definition) is 3. The molecule has 1 fully saturated rings. The van der Waals surface area contributed by atoms with Gasteiger partial charge in [-0.3, -0.25) is 19.7 Å². The van der Waals surface area contributed by atoms with E-state index >= 15 is 0 Å². The molecule has 9 heteroatoms. The van der Waals surface area contributed by atoms with Crippen molar-refractivity contribution in [2.45, 2.75) is 6.92 Å². The highest BCUT2D eigenvalue weighted by atomic mass is 35.5. The van der Waals surface area contributed by atoms with Crippen molar-refractivity contribution in [2.24, 2.45) is 4.99 Å². The minimum Gasteiger partial charge on any atom is -0.493 e. The van der Waals surface area contributed by atoms with Crippen LogP contribution in [0.5, 0.6) is 5.88 Å². The van der Waals surface area contributed by atoms with E-state index in [1.54, 1.807) is 31.2 Å². The normalized spacial score (nSPS) is 15.9. The fourth-order valence-corrected chi connectivity index (χ4v) is 3.18. The zero-order chi connectivity index (χ0) is 19.4. The first-order valence-electron chi connectivity index (χ1n) is 8.76. The average Bonchev–Trinajstić information content (AvgIpc) is 2.64. The van der Waals surface area contributed by atoms with Crippen molar-refractivity contribution >= 4 is 17.3 Å². The first-order valence-corrected chi connectivity index (χ1v) is 9.14. The Morgan fingerprint density at radius 3 is 2.56 bits per heavy atom.